The van der Waals surface area contributed by atoms with E-state index in [2.05, 4.69) is 15.4 Å². The van der Waals surface area contributed by atoms with Gasteiger partial charge in [0.15, 0.2) is 0 Å². The highest BCUT2D eigenvalue weighted by molar-refractivity contribution is 6.02. The summed E-state index contributed by atoms with van der Waals surface area (Å²) < 4.78 is 7.16. The van der Waals surface area contributed by atoms with E-state index in [1.54, 1.807) is 11.6 Å². The molecule has 0 radical (unpaired) electrons. The van der Waals surface area contributed by atoms with Gasteiger partial charge < -0.3 is 10.1 Å². The second kappa shape index (κ2) is 7.07. The molecule has 1 aliphatic rings. The highest BCUT2D eigenvalue weighted by Gasteiger charge is 2.36. The van der Waals surface area contributed by atoms with Gasteiger partial charge in [0.05, 0.1) is 17.9 Å². The molecule has 136 valence electrons. The van der Waals surface area contributed by atoms with Gasteiger partial charge in [0, 0.05) is 0 Å². The van der Waals surface area contributed by atoms with E-state index < -0.39 is 6.04 Å². The molecule has 0 saturated carbocycles. The van der Waals surface area contributed by atoms with Crippen LogP contribution in [0, 0.1) is 6.92 Å². The summed E-state index contributed by atoms with van der Waals surface area (Å²) in [6.07, 6.45) is 1.49. The number of hydrogen-bond donors (Lipinski definition) is 1. The Labute approximate surface area is 157 Å². The summed E-state index contributed by atoms with van der Waals surface area (Å²) in [6.45, 7) is 4.13. The number of aryl methyl sites for hydroxylation is 1. The van der Waals surface area contributed by atoms with Crippen molar-refractivity contribution in [3.05, 3.63) is 83.2 Å². The van der Waals surface area contributed by atoms with Gasteiger partial charge in [-0.25, -0.2) is 9.48 Å². The van der Waals surface area contributed by atoms with Crippen LogP contribution in [0.25, 0.3) is 5.70 Å². The lowest BCUT2D eigenvalue weighted by Gasteiger charge is -2.30. The van der Waals surface area contributed by atoms with E-state index in [1.165, 1.54) is 6.33 Å². The number of benzene rings is 2. The minimum atomic E-state index is -0.417. The quantitative estimate of drug-likeness (QED) is 0.720. The molecule has 6 nitrogen and oxygen atoms in total. The minimum Gasteiger partial charge on any atom is -0.463 e. The van der Waals surface area contributed by atoms with Crippen LogP contribution in [0.1, 0.15) is 29.7 Å². The number of anilines is 1. The van der Waals surface area contributed by atoms with E-state index in [1.807, 2.05) is 61.5 Å². The van der Waals surface area contributed by atoms with Gasteiger partial charge >= 0.3 is 5.97 Å². The van der Waals surface area contributed by atoms with E-state index in [0.29, 0.717) is 23.8 Å². The first kappa shape index (κ1) is 17.0. The van der Waals surface area contributed by atoms with Crippen LogP contribution in [0.2, 0.25) is 0 Å². The second-order valence-electron chi connectivity index (χ2n) is 6.29. The van der Waals surface area contributed by atoms with Gasteiger partial charge in [-0.15, -0.1) is 0 Å². The van der Waals surface area contributed by atoms with Gasteiger partial charge in [-0.1, -0.05) is 54.6 Å². The van der Waals surface area contributed by atoms with E-state index in [4.69, 9.17) is 4.74 Å². The third-order valence-corrected chi connectivity index (χ3v) is 4.64. The lowest BCUT2D eigenvalue weighted by molar-refractivity contribution is -0.138. The molecule has 0 saturated heterocycles. The van der Waals surface area contributed by atoms with E-state index >= 15 is 0 Å². The van der Waals surface area contributed by atoms with Gasteiger partial charge in [0.2, 0.25) is 5.95 Å². The van der Waals surface area contributed by atoms with E-state index in [9.17, 15) is 4.79 Å². The Morgan fingerprint density at radius 1 is 1.15 bits per heavy atom. The number of rotatable bonds is 4. The van der Waals surface area contributed by atoms with Gasteiger partial charge in [-0.2, -0.15) is 10.1 Å². The molecule has 1 N–H and O–H groups in total. The molecule has 4 rings (SSSR count). The van der Waals surface area contributed by atoms with Gasteiger partial charge in [-0.3, -0.25) is 0 Å². The Morgan fingerprint density at radius 2 is 1.89 bits per heavy atom. The van der Waals surface area contributed by atoms with Gasteiger partial charge in [0.1, 0.15) is 12.4 Å². The van der Waals surface area contributed by atoms with Crippen LogP contribution < -0.4 is 5.32 Å². The Hall–Kier alpha value is -3.41. The molecule has 1 aromatic heterocycles. The molecule has 0 unspecified atom stereocenters. The first-order valence-electron chi connectivity index (χ1n) is 8.89. The van der Waals surface area contributed by atoms with Crippen molar-refractivity contribution in [2.24, 2.45) is 0 Å². The van der Waals surface area contributed by atoms with Crippen molar-refractivity contribution in [2.75, 3.05) is 11.9 Å². The van der Waals surface area contributed by atoms with Crippen molar-refractivity contribution >= 4 is 17.6 Å². The second-order valence-corrected chi connectivity index (χ2v) is 6.29. The fraction of sp³-hybridized carbons (Fsp3) is 0.190. The molecule has 0 amide bonds. The lowest BCUT2D eigenvalue weighted by Crippen LogP contribution is -2.30. The average molecular weight is 360 g/mol. The highest BCUT2D eigenvalue weighted by atomic mass is 16.5. The number of carbonyl (C=O) groups is 1. The zero-order valence-electron chi connectivity index (χ0n) is 15.2. The lowest BCUT2D eigenvalue weighted by atomic mass is 9.90. The van der Waals surface area contributed by atoms with Crippen molar-refractivity contribution in [3.63, 3.8) is 0 Å². The first-order valence-corrected chi connectivity index (χ1v) is 8.89. The van der Waals surface area contributed by atoms with Crippen LogP contribution in [0.3, 0.4) is 0 Å². The maximum absolute atomic E-state index is 13.0. The predicted octanol–water partition coefficient (Wildman–Crippen LogP) is 3.58. The number of ether oxygens (including phenoxy) is 1. The summed E-state index contributed by atoms with van der Waals surface area (Å²) >= 11 is 0. The number of hydrogen-bond acceptors (Lipinski definition) is 5. The topological polar surface area (TPSA) is 69.0 Å². The van der Waals surface area contributed by atoms with Crippen LogP contribution >= 0.6 is 0 Å². The van der Waals surface area contributed by atoms with Crippen LogP contribution in [0.15, 0.2) is 66.5 Å². The number of nitrogens with zero attached hydrogens (tertiary/aromatic N) is 3. The summed E-state index contributed by atoms with van der Waals surface area (Å²) in [4.78, 5) is 17.4. The average Bonchev–Trinajstić information content (AvgIpc) is 3.16. The Balaban J connectivity index is 1.99. The molecule has 27 heavy (non-hydrogen) atoms. The highest BCUT2D eigenvalue weighted by Crippen LogP contribution is 2.39. The molecular weight excluding hydrogens is 340 g/mol. The standard InChI is InChI=1S/C21H20N4O2/c1-3-27-20(26)17-18(15-10-5-4-6-11-15)24-21-22-13-23-25(21)19(17)16-12-8-7-9-14(16)2/h4-13,19H,3H2,1-2H3,(H,22,23,24)/t19-/m1/s1. The zero-order valence-corrected chi connectivity index (χ0v) is 15.2. The number of carbonyl (C=O) groups excluding carboxylic acids is 1. The zero-order chi connectivity index (χ0) is 18.8. The predicted molar refractivity (Wildman–Crippen MR) is 103 cm³/mol. The molecule has 2 aromatic carbocycles. The number of fused-ring (bicyclic) bond motifs is 1. The fourth-order valence-electron chi connectivity index (χ4n) is 3.40. The molecule has 0 bridgehead atoms. The molecule has 6 heteroatoms. The Morgan fingerprint density at radius 3 is 2.63 bits per heavy atom. The summed E-state index contributed by atoms with van der Waals surface area (Å²) in [7, 11) is 0. The van der Waals surface area contributed by atoms with Crippen molar-refractivity contribution in [3.8, 4) is 0 Å². The van der Waals surface area contributed by atoms with Crippen LogP contribution in [0.4, 0.5) is 5.95 Å². The van der Waals surface area contributed by atoms with Crippen LogP contribution in [-0.2, 0) is 9.53 Å². The summed E-state index contributed by atoms with van der Waals surface area (Å²) in [5.74, 6) is 0.230. The van der Waals surface area contributed by atoms with Crippen molar-refractivity contribution in [1.82, 2.24) is 14.8 Å². The first-order chi connectivity index (χ1) is 13.2. The monoisotopic (exact) mass is 360 g/mol. The number of aromatic nitrogens is 3. The summed E-state index contributed by atoms with van der Waals surface area (Å²) in [6, 6.07) is 17.3. The minimum absolute atomic E-state index is 0.301. The summed E-state index contributed by atoms with van der Waals surface area (Å²) in [5, 5.41) is 7.65. The largest absolute Gasteiger partial charge is 0.463 e. The molecule has 0 fully saturated rings. The van der Waals surface area contributed by atoms with Crippen molar-refractivity contribution in [2.45, 2.75) is 19.9 Å². The molecule has 1 atom stereocenters. The Bertz CT molecular complexity index is 1010. The van der Waals surface area contributed by atoms with Crippen LogP contribution in [-0.4, -0.2) is 27.3 Å². The third kappa shape index (κ3) is 2.99. The molecule has 3 aromatic rings. The van der Waals surface area contributed by atoms with E-state index in [-0.39, 0.29) is 5.97 Å². The summed E-state index contributed by atoms with van der Waals surface area (Å²) in [5.41, 5.74) is 4.17. The number of nitrogens with one attached hydrogen (secondary N) is 1. The maximum atomic E-state index is 13.0. The SMILES string of the molecule is CCOC(=O)C1=C(c2ccccc2)Nc2ncnn2[C@@H]1c1ccccc1C. The molecule has 0 spiro atoms. The van der Waals surface area contributed by atoms with E-state index in [0.717, 1.165) is 16.7 Å². The smallest absolute Gasteiger partial charge is 0.338 e. The van der Waals surface area contributed by atoms with Crippen LogP contribution in [0.5, 0.6) is 0 Å². The Kier molecular flexibility index (Phi) is 4.46. The molecule has 1 aliphatic heterocycles. The number of esters is 1. The normalized spacial score (nSPS) is 15.9. The third-order valence-electron chi connectivity index (χ3n) is 4.64. The maximum Gasteiger partial charge on any atom is 0.338 e. The molecule has 2 heterocycles. The molecular formula is C21H20N4O2. The van der Waals surface area contributed by atoms with Crippen molar-refractivity contribution < 1.29 is 9.53 Å². The fourth-order valence-corrected chi connectivity index (χ4v) is 3.40. The van der Waals surface area contributed by atoms with Gasteiger partial charge in [0.25, 0.3) is 0 Å². The molecule has 0 aliphatic carbocycles. The van der Waals surface area contributed by atoms with Crippen molar-refractivity contribution in [1.29, 1.82) is 0 Å². The van der Waals surface area contributed by atoms with Gasteiger partial charge in [-0.05, 0) is 30.5 Å².